The summed E-state index contributed by atoms with van der Waals surface area (Å²) in [5, 5.41) is 0. The van der Waals surface area contributed by atoms with Gasteiger partial charge in [-0.2, -0.15) is 0 Å². The van der Waals surface area contributed by atoms with Gasteiger partial charge in [0, 0.05) is 18.6 Å². The Morgan fingerprint density at radius 3 is 2.35 bits per heavy atom. The number of benzene rings is 1. The van der Waals surface area contributed by atoms with Crippen LogP contribution in [0, 0.1) is 26.7 Å². The number of rotatable bonds is 4. The standard InChI is InChI=1S/C18H30N2/c1-12(2)17-7-6-8-20(17)11-16(19)18-14(4)9-13(3)10-15(18)5/h9-10,12,16-17H,6-8,11,19H2,1-5H3. The second-order valence-corrected chi connectivity index (χ2v) is 6.87. The Kier molecular flexibility index (Phi) is 4.87. The molecule has 20 heavy (non-hydrogen) atoms. The van der Waals surface area contributed by atoms with Gasteiger partial charge in [0.2, 0.25) is 0 Å². The minimum atomic E-state index is 0.134. The summed E-state index contributed by atoms with van der Waals surface area (Å²) in [7, 11) is 0. The van der Waals surface area contributed by atoms with E-state index in [0.717, 1.165) is 12.5 Å². The highest BCUT2D eigenvalue weighted by Crippen LogP contribution is 2.28. The van der Waals surface area contributed by atoms with Crippen LogP contribution in [0.3, 0.4) is 0 Å². The van der Waals surface area contributed by atoms with E-state index in [4.69, 9.17) is 5.73 Å². The zero-order valence-electron chi connectivity index (χ0n) is 13.7. The maximum atomic E-state index is 6.55. The second-order valence-electron chi connectivity index (χ2n) is 6.87. The van der Waals surface area contributed by atoms with E-state index in [1.54, 1.807) is 0 Å². The van der Waals surface area contributed by atoms with E-state index >= 15 is 0 Å². The van der Waals surface area contributed by atoms with Gasteiger partial charge in [-0.15, -0.1) is 0 Å². The summed E-state index contributed by atoms with van der Waals surface area (Å²) >= 11 is 0. The molecule has 1 saturated heterocycles. The molecule has 0 amide bonds. The molecular formula is C18H30N2. The Bertz CT molecular complexity index is 441. The maximum absolute atomic E-state index is 6.55. The molecule has 0 aromatic heterocycles. The average molecular weight is 274 g/mol. The lowest BCUT2D eigenvalue weighted by Gasteiger charge is -2.31. The van der Waals surface area contributed by atoms with Crippen LogP contribution in [0.25, 0.3) is 0 Å². The van der Waals surface area contributed by atoms with Crippen LogP contribution in [0.2, 0.25) is 0 Å². The largest absolute Gasteiger partial charge is 0.323 e. The number of likely N-dealkylation sites (tertiary alicyclic amines) is 1. The minimum Gasteiger partial charge on any atom is -0.323 e. The molecule has 1 aromatic rings. The Morgan fingerprint density at radius 2 is 1.80 bits per heavy atom. The SMILES string of the molecule is Cc1cc(C)c(C(N)CN2CCCC2C(C)C)c(C)c1. The smallest absolute Gasteiger partial charge is 0.0429 e. The van der Waals surface area contributed by atoms with Gasteiger partial charge in [-0.1, -0.05) is 31.5 Å². The fourth-order valence-corrected chi connectivity index (χ4v) is 3.95. The van der Waals surface area contributed by atoms with Crippen molar-refractivity contribution in [3.8, 4) is 0 Å². The van der Waals surface area contributed by atoms with Crippen LogP contribution in [-0.2, 0) is 0 Å². The fourth-order valence-electron chi connectivity index (χ4n) is 3.95. The third-order valence-electron chi connectivity index (χ3n) is 4.72. The zero-order chi connectivity index (χ0) is 14.9. The van der Waals surface area contributed by atoms with Crippen molar-refractivity contribution in [2.24, 2.45) is 11.7 Å². The molecule has 2 nitrogen and oxygen atoms in total. The van der Waals surface area contributed by atoms with Gasteiger partial charge in [-0.3, -0.25) is 4.90 Å². The summed E-state index contributed by atoms with van der Waals surface area (Å²) in [6, 6.07) is 5.36. The lowest BCUT2D eigenvalue weighted by molar-refractivity contribution is 0.195. The summed E-state index contributed by atoms with van der Waals surface area (Å²) in [6.07, 6.45) is 2.65. The van der Waals surface area contributed by atoms with Gasteiger partial charge >= 0.3 is 0 Å². The highest BCUT2D eigenvalue weighted by molar-refractivity contribution is 5.39. The van der Waals surface area contributed by atoms with Crippen LogP contribution in [0.15, 0.2) is 12.1 Å². The summed E-state index contributed by atoms with van der Waals surface area (Å²) in [5.41, 5.74) is 11.9. The van der Waals surface area contributed by atoms with Crippen molar-refractivity contribution in [3.63, 3.8) is 0 Å². The average Bonchev–Trinajstić information content (AvgIpc) is 2.75. The van der Waals surface area contributed by atoms with E-state index in [1.807, 2.05) is 0 Å². The van der Waals surface area contributed by atoms with E-state index in [-0.39, 0.29) is 6.04 Å². The third-order valence-corrected chi connectivity index (χ3v) is 4.72. The number of hydrogen-bond donors (Lipinski definition) is 1. The van der Waals surface area contributed by atoms with Crippen molar-refractivity contribution in [3.05, 3.63) is 34.4 Å². The monoisotopic (exact) mass is 274 g/mol. The fraction of sp³-hybridized carbons (Fsp3) is 0.667. The highest BCUT2D eigenvalue weighted by Gasteiger charge is 2.28. The van der Waals surface area contributed by atoms with Crippen LogP contribution in [-0.4, -0.2) is 24.0 Å². The predicted octanol–water partition coefficient (Wildman–Crippen LogP) is 3.73. The third kappa shape index (κ3) is 3.24. The Morgan fingerprint density at radius 1 is 1.20 bits per heavy atom. The lowest BCUT2D eigenvalue weighted by atomic mass is 9.93. The van der Waals surface area contributed by atoms with E-state index < -0.39 is 0 Å². The minimum absolute atomic E-state index is 0.134. The summed E-state index contributed by atoms with van der Waals surface area (Å²) in [6.45, 7) is 13.4. The maximum Gasteiger partial charge on any atom is 0.0429 e. The van der Waals surface area contributed by atoms with Crippen LogP contribution < -0.4 is 5.73 Å². The first-order valence-electron chi connectivity index (χ1n) is 7.97. The molecule has 1 fully saturated rings. The van der Waals surface area contributed by atoms with Crippen LogP contribution in [0.4, 0.5) is 0 Å². The molecule has 112 valence electrons. The van der Waals surface area contributed by atoms with Crippen molar-refractivity contribution in [2.75, 3.05) is 13.1 Å². The lowest BCUT2D eigenvalue weighted by Crippen LogP contribution is -2.38. The first-order chi connectivity index (χ1) is 9.40. The number of nitrogens with zero attached hydrogens (tertiary/aromatic N) is 1. The normalized spacial score (nSPS) is 21.6. The van der Waals surface area contributed by atoms with E-state index in [0.29, 0.717) is 6.04 Å². The van der Waals surface area contributed by atoms with E-state index in [2.05, 4.69) is 51.7 Å². The second kappa shape index (κ2) is 6.28. The molecule has 2 atom stereocenters. The molecular weight excluding hydrogens is 244 g/mol. The Hall–Kier alpha value is -0.860. The predicted molar refractivity (Wildman–Crippen MR) is 87.0 cm³/mol. The van der Waals surface area contributed by atoms with Crippen molar-refractivity contribution in [1.82, 2.24) is 4.90 Å². The molecule has 2 unspecified atom stereocenters. The Balaban J connectivity index is 2.14. The molecule has 1 aromatic carbocycles. The molecule has 1 aliphatic rings. The molecule has 1 aliphatic heterocycles. The number of hydrogen-bond acceptors (Lipinski definition) is 2. The van der Waals surface area contributed by atoms with E-state index in [9.17, 15) is 0 Å². The molecule has 2 heteroatoms. The first kappa shape index (κ1) is 15.5. The summed E-state index contributed by atoms with van der Waals surface area (Å²) < 4.78 is 0. The summed E-state index contributed by atoms with van der Waals surface area (Å²) in [5.74, 6) is 0.727. The summed E-state index contributed by atoms with van der Waals surface area (Å²) in [4.78, 5) is 2.61. The zero-order valence-corrected chi connectivity index (χ0v) is 13.7. The highest BCUT2D eigenvalue weighted by atomic mass is 15.2. The topological polar surface area (TPSA) is 29.3 Å². The van der Waals surface area contributed by atoms with E-state index in [1.165, 1.54) is 41.6 Å². The number of aryl methyl sites for hydroxylation is 3. The molecule has 0 spiro atoms. The van der Waals surface area contributed by atoms with Crippen molar-refractivity contribution in [1.29, 1.82) is 0 Å². The Labute approximate surface area is 124 Å². The first-order valence-corrected chi connectivity index (χ1v) is 7.97. The quantitative estimate of drug-likeness (QED) is 0.906. The van der Waals surface area contributed by atoms with Crippen molar-refractivity contribution < 1.29 is 0 Å². The van der Waals surface area contributed by atoms with Gasteiger partial charge in [-0.25, -0.2) is 0 Å². The molecule has 1 heterocycles. The molecule has 0 saturated carbocycles. The van der Waals surface area contributed by atoms with Gasteiger partial charge in [0.05, 0.1) is 0 Å². The molecule has 0 bridgehead atoms. The number of nitrogens with two attached hydrogens (primary N) is 1. The van der Waals surface area contributed by atoms with Crippen LogP contribution in [0.5, 0.6) is 0 Å². The van der Waals surface area contributed by atoms with Gasteiger partial charge < -0.3 is 5.73 Å². The molecule has 2 N–H and O–H groups in total. The van der Waals surface area contributed by atoms with Gasteiger partial charge in [-0.05, 0) is 62.8 Å². The molecule has 2 rings (SSSR count). The van der Waals surface area contributed by atoms with Crippen LogP contribution in [0.1, 0.15) is 55.0 Å². The van der Waals surface area contributed by atoms with Crippen molar-refractivity contribution >= 4 is 0 Å². The van der Waals surface area contributed by atoms with Gasteiger partial charge in [0.1, 0.15) is 0 Å². The van der Waals surface area contributed by atoms with Crippen molar-refractivity contribution in [2.45, 2.75) is 59.5 Å². The van der Waals surface area contributed by atoms with Gasteiger partial charge in [0.25, 0.3) is 0 Å². The van der Waals surface area contributed by atoms with Gasteiger partial charge in [0.15, 0.2) is 0 Å². The molecule has 0 aliphatic carbocycles. The van der Waals surface area contributed by atoms with Crippen LogP contribution >= 0.6 is 0 Å². The molecule has 0 radical (unpaired) electrons.